The standard InChI is InChI=1S/C20H19NO5S/c1-14(22)15-8-10-19-16(12-15)13-17(9-11-20(23)26-2)21(19)27(24,25)18-6-4-3-5-7-18/h3-8,10,12-13H,9,11H2,1-2H3. The van der Waals surface area contributed by atoms with E-state index in [1.165, 1.54) is 30.1 Å². The van der Waals surface area contributed by atoms with Crippen LogP contribution in [0.2, 0.25) is 0 Å². The molecule has 0 atom stereocenters. The van der Waals surface area contributed by atoms with Crippen LogP contribution in [-0.4, -0.2) is 31.3 Å². The number of carbonyl (C=O) groups is 2. The van der Waals surface area contributed by atoms with Crippen molar-refractivity contribution in [3.05, 3.63) is 65.9 Å². The van der Waals surface area contributed by atoms with Crippen molar-refractivity contribution < 1.29 is 22.7 Å². The summed E-state index contributed by atoms with van der Waals surface area (Å²) in [5, 5.41) is 0.627. The van der Waals surface area contributed by atoms with Crippen molar-refractivity contribution in [3.63, 3.8) is 0 Å². The molecule has 0 fully saturated rings. The summed E-state index contributed by atoms with van der Waals surface area (Å²) in [6, 6.07) is 14.7. The Balaban J connectivity index is 2.21. The number of hydrogen-bond acceptors (Lipinski definition) is 5. The second-order valence-electron chi connectivity index (χ2n) is 6.12. The molecule has 0 aliphatic heterocycles. The van der Waals surface area contributed by atoms with Gasteiger partial charge in [0.25, 0.3) is 10.0 Å². The Hall–Kier alpha value is -2.93. The van der Waals surface area contributed by atoms with Crippen LogP contribution in [0.15, 0.2) is 59.5 Å². The third-order valence-corrected chi connectivity index (χ3v) is 6.11. The van der Waals surface area contributed by atoms with E-state index in [0.717, 1.165) is 0 Å². The number of aryl methyl sites for hydroxylation is 1. The summed E-state index contributed by atoms with van der Waals surface area (Å²) in [4.78, 5) is 23.4. The van der Waals surface area contributed by atoms with Crippen molar-refractivity contribution in [2.24, 2.45) is 0 Å². The van der Waals surface area contributed by atoms with E-state index < -0.39 is 16.0 Å². The van der Waals surface area contributed by atoms with Crippen molar-refractivity contribution >= 4 is 32.7 Å². The summed E-state index contributed by atoms with van der Waals surface area (Å²) in [7, 11) is -2.57. The van der Waals surface area contributed by atoms with E-state index >= 15 is 0 Å². The molecule has 0 saturated carbocycles. The van der Waals surface area contributed by atoms with Crippen LogP contribution in [0.5, 0.6) is 0 Å². The molecule has 0 amide bonds. The smallest absolute Gasteiger partial charge is 0.305 e. The molecule has 0 bridgehead atoms. The maximum Gasteiger partial charge on any atom is 0.305 e. The minimum Gasteiger partial charge on any atom is -0.469 e. The van der Waals surface area contributed by atoms with Crippen LogP contribution in [0, 0.1) is 0 Å². The second-order valence-corrected chi connectivity index (χ2v) is 7.91. The highest BCUT2D eigenvalue weighted by Crippen LogP contribution is 2.27. The summed E-state index contributed by atoms with van der Waals surface area (Å²) in [6.07, 6.45) is 0.250. The molecule has 0 aliphatic rings. The lowest BCUT2D eigenvalue weighted by atomic mass is 10.1. The van der Waals surface area contributed by atoms with Gasteiger partial charge in [0.05, 0.1) is 23.9 Å². The molecule has 2 aromatic carbocycles. The molecule has 6 nitrogen and oxygen atoms in total. The molecule has 140 valence electrons. The lowest BCUT2D eigenvalue weighted by molar-refractivity contribution is -0.140. The topological polar surface area (TPSA) is 82.4 Å². The van der Waals surface area contributed by atoms with Crippen molar-refractivity contribution in [2.45, 2.75) is 24.7 Å². The highest BCUT2D eigenvalue weighted by molar-refractivity contribution is 7.90. The number of nitrogens with zero attached hydrogens (tertiary/aromatic N) is 1. The van der Waals surface area contributed by atoms with Gasteiger partial charge in [-0.05, 0) is 49.7 Å². The molecule has 3 aromatic rings. The van der Waals surface area contributed by atoms with E-state index in [2.05, 4.69) is 4.74 Å². The normalized spacial score (nSPS) is 11.5. The largest absolute Gasteiger partial charge is 0.469 e. The first-order valence-corrected chi connectivity index (χ1v) is 9.81. The van der Waals surface area contributed by atoms with Crippen molar-refractivity contribution in [1.29, 1.82) is 0 Å². The number of aromatic nitrogens is 1. The number of rotatable bonds is 6. The van der Waals surface area contributed by atoms with Gasteiger partial charge in [0.2, 0.25) is 0 Å². The summed E-state index contributed by atoms with van der Waals surface area (Å²) in [5.74, 6) is -0.528. The highest BCUT2D eigenvalue weighted by Gasteiger charge is 2.23. The third-order valence-electron chi connectivity index (χ3n) is 4.33. The number of ketones is 1. The van der Waals surface area contributed by atoms with Crippen LogP contribution < -0.4 is 0 Å². The average molecular weight is 385 g/mol. The molecule has 3 rings (SSSR count). The third kappa shape index (κ3) is 3.64. The summed E-state index contributed by atoms with van der Waals surface area (Å²) >= 11 is 0. The molecular formula is C20H19NO5S. The lowest BCUT2D eigenvalue weighted by Gasteiger charge is -2.12. The average Bonchev–Trinajstić information content (AvgIpc) is 3.04. The fourth-order valence-corrected chi connectivity index (χ4v) is 4.54. The fourth-order valence-electron chi connectivity index (χ4n) is 2.95. The van der Waals surface area contributed by atoms with Gasteiger partial charge in [-0.2, -0.15) is 0 Å². The monoisotopic (exact) mass is 385 g/mol. The van der Waals surface area contributed by atoms with Crippen LogP contribution >= 0.6 is 0 Å². The Morgan fingerprint density at radius 1 is 1.04 bits per heavy atom. The first-order valence-electron chi connectivity index (χ1n) is 8.37. The van der Waals surface area contributed by atoms with Crippen molar-refractivity contribution in [1.82, 2.24) is 3.97 Å². The van der Waals surface area contributed by atoms with Gasteiger partial charge < -0.3 is 4.74 Å². The van der Waals surface area contributed by atoms with Gasteiger partial charge in [-0.25, -0.2) is 12.4 Å². The van der Waals surface area contributed by atoms with E-state index in [4.69, 9.17) is 0 Å². The molecular weight excluding hydrogens is 366 g/mol. The SMILES string of the molecule is COC(=O)CCc1cc2cc(C(C)=O)ccc2n1S(=O)(=O)c1ccccc1. The van der Waals surface area contributed by atoms with Crippen LogP contribution in [-0.2, 0) is 26.0 Å². The molecule has 7 heteroatoms. The molecule has 0 radical (unpaired) electrons. The molecule has 0 saturated heterocycles. The number of benzene rings is 2. The van der Waals surface area contributed by atoms with E-state index in [0.29, 0.717) is 22.2 Å². The Bertz CT molecular complexity index is 1110. The molecule has 0 aliphatic carbocycles. The first kappa shape index (κ1) is 18.8. The number of methoxy groups -OCH3 is 1. The zero-order chi connectivity index (χ0) is 19.6. The lowest BCUT2D eigenvalue weighted by Crippen LogP contribution is -2.16. The van der Waals surface area contributed by atoms with Crippen LogP contribution in [0.4, 0.5) is 0 Å². The number of fused-ring (bicyclic) bond motifs is 1. The maximum atomic E-state index is 13.2. The summed E-state index contributed by atoms with van der Waals surface area (Å²) in [5.41, 5.74) is 1.42. The highest BCUT2D eigenvalue weighted by atomic mass is 32.2. The zero-order valence-electron chi connectivity index (χ0n) is 15.0. The molecule has 0 N–H and O–H groups in total. The van der Waals surface area contributed by atoms with Crippen LogP contribution in [0.3, 0.4) is 0 Å². The van der Waals surface area contributed by atoms with E-state index in [-0.39, 0.29) is 23.5 Å². The van der Waals surface area contributed by atoms with Gasteiger partial charge in [-0.15, -0.1) is 0 Å². The van der Waals surface area contributed by atoms with Gasteiger partial charge in [-0.3, -0.25) is 9.59 Å². The second kappa shape index (κ2) is 7.36. The van der Waals surface area contributed by atoms with Crippen LogP contribution in [0.25, 0.3) is 10.9 Å². The van der Waals surface area contributed by atoms with Crippen molar-refractivity contribution in [3.8, 4) is 0 Å². The zero-order valence-corrected chi connectivity index (χ0v) is 15.8. The summed E-state index contributed by atoms with van der Waals surface area (Å²) < 4.78 is 32.4. The predicted octanol–water partition coefficient (Wildman–Crippen LogP) is 3.19. The molecule has 0 unspecified atom stereocenters. The van der Waals surface area contributed by atoms with Gasteiger partial charge >= 0.3 is 5.97 Å². The number of ether oxygens (including phenoxy) is 1. The van der Waals surface area contributed by atoms with Gasteiger partial charge in [0.1, 0.15) is 0 Å². The van der Waals surface area contributed by atoms with Gasteiger partial charge in [-0.1, -0.05) is 18.2 Å². The molecule has 1 heterocycles. The first-order chi connectivity index (χ1) is 12.8. The van der Waals surface area contributed by atoms with E-state index in [1.807, 2.05) is 0 Å². The minimum absolute atomic E-state index is 0.0523. The molecule has 1 aromatic heterocycles. The van der Waals surface area contributed by atoms with E-state index in [9.17, 15) is 18.0 Å². The van der Waals surface area contributed by atoms with Gasteiger partial charge in [0, 0.05) is 16.6 Å². The molecule has 27 heavy (non-hydrogen) atoms. The maximum absolute atomic E-state index is 13.2. The quantitative estimate of drug-likeness (QED) is 0.481. The van der Waals surface area contributed by atoms with Gasteiger partial charge in [0.15, 0.2) is 5.78 Å². The summed E-state index contributed by atoms with van der Waals surface area (Å²) in [6.45, 7) is 1.46. The Kier molecular flexibility index (Phi) is 5.14. The van der Waals surface area contributed by atoms with Crippen molar-refractivity contribution in [2.75, 3.05) is 7.11 Å². The van der Waals surface area contributed by atoms with Crippen LogP contribution in [0.1, 0.15) is 29.4 Å². The Labute approximate surface area is 157 Å². The fraction of sp³-hybridized carbons (Fsp3) is 0.200. The molecule has 0 spiro atoms. The predicted molar refractivity (Wildman–Crippen MR) is 101 cm³/mol. The number of esters is 1. The Morgan fingerprint density at radius 2 is 1.74 bits per heavy atom. The Morgan fingerprint density at radius 3 is 2.37 bits per heavy atom. The minimum atomic E-state index is -3.86. The number of Topliss-reactive ketones (excluding diaryl/α,β-unsaturated/α-hetero) is 1. The number of hydrogen-bond donors (Lipinski definition) is 0. The van der Waals surface area contributed by atoms with E-state index in [1.54, 1.807) is 42.5 Å². The number of carbonyl (C=O) groups excluding carboxylic acids is 2.